The Bertz CT molecular complexity index is 261. The molecule has 0 aromatic rings. The molecule has 3 nitrogen and oxygen atoms in total. The van der Waals surface area contributed by atoms with Gasteiger partial charge in [0.05, 0.1) is 0 Å². The SMILES string of the molecule is CC1OC(C2CCCC2)=C(O)C1=O. The lowest BCUT2D eigenvalue weighted by Gasteiger charge is -2.11. The van der Waals surface area contributed by atoms with Gasteiger partial charge in [-0.25, -0.2) is 0 Å². The number of ether oxygens (including phenoxy) is 1. The number of carbonyl (C=O) groups is 1. The van der Waals surface area contributed by atoms with Crippen molar-refractivity contribution in [3.05, 3.63) is 11.5 Å². The van der Waals surface area contributed by atoms with E-state index in [0.29, 0.717) is 5.76 Å². The van der Waals surface area contributed by atoms with Crippen molar-refractivity contribution in [2.75, 3.05) is 0 Å². The molecule has 1 aliphatic heterocycles. The van der Waals surface area contributed by atoms with Crippen molar-refractivity contribution in [1.29, 1.82) is 0 Å². The van der Waals surface area contributed by atoms with Gasteiger partial charge in [0.25, 0.3) is 0 Å². The molecule has 0 aromatic heterocycles. The molecule has 2 rings (SSSR count). The molecule has 1 aliphatic carbocycles. The quantitative estimate of drug-likeness (QED) is 0.674. The largest absolute Gasteiger partial charge is 0.502 e. The van der Waals surface area contributed by atoms with Gasteiger partial charge in [0.15, 0.2) is 6.10 Å². The first kappa shape index (κ1) is 8.60. The molecule has 0 spiro atoms. The van der Waals surface area contributed by atoms with Crippen molar-refractivity contribution >= 4 is 5.78 Å². The summed E-state index contributed by atoms with van der Waals surface area (Å²) in [6.45, 7) is 1.68. The number of hydrogen-bond acceptors (Lipinski definition) is 3. The van der Waals surface area contributed by atoms with E-state index in [2.05, 4.69) is 0 Å². The highest BCUT2D eigenvalue weighted by atomic mass is 16.5. The fraction of sp³-hybridized carbons (Fsp3) is 0.700. The van der Waals surface area contributed by atoms with Crippen LogP contribution in [-0.4, -0.2) is 17.0 Å². The van der Waals surface area contributed by atoms with Gasteiger partial charge in [-0.05, 0) is 19.8 Å². The summed E-state index contributed by atoms with van der Waals surface area (Å²) >= 11 is 0. The van der Waals surface area contributed by atoms with Crippen LogP contribution in [0.2, 0.25) is 0 Å². The predicted molar refractivity (Wildman–Crippen MR) is 47.2 cm³/mol. The van der Waals surface area contributed by atoms with E-state index in [4.69, 9.17) is 4.74 Å². The molecule has 13 heavy (non-hydrogen) atoms. The molecule has 72 valence electrons. The van der Waals surface area contributed by atoms with Gasteiger partial charge < -0.3 is 9.84 Å². The lowest BCUT2D eigenvalue weighted by Crippen LogP contribution is -2.13. The van der Waals surface area contributed by atoms with E-state index in [1.807, 2.05) is 0 Å². The molecule has 1 heterocycles. The van der Waals surface area contributed by atoms with Gasteiger partial charge in [-0.3, -0.25) is 4.79 Å². The third-order valence-electron chi connectivity index (χ3n) is 2.87. The van der Waals surface area contributed by atoms with Gasteiger partial charge in [0.1, 0.15) is 5.76 Å². The standard InChI is InChI=1S/C10H14O3/c1-6-8(11)9(12)10(13-6)7-4-2-3-5-7/h6-7,12H,2-5H2,1H3. The highest BCUT2D eigenvalue weighted by molar-refractivity contribution is 5.98. The second-order valence-corrected chi connectivity index (χ2v) is 3.82. The third kappa shape index (κ3) is 1.32. The Kier molecular flexibility index (Phi) is 2.02. The molecule has 0 amide bonds. The van der Waals surface area contributed by atoms with E-state index in [-0.39, 0.29) is 17.5 Å². The smallest absolute Gasteiger partial charge is 0.240 e. The average molecular weight is 182 g/mol. The fourth-order valence-corrected chi connectivity index (χ4v) is 2.09. The van der Waals surface area contributed by atoms with Crippen LogP contribution in [0.3, 0.4) is 0 Å². The minimum absolute atomic E-state index is 0.126. The van der Waals surface area contributed by atoms with E-state index in [1.54, 1.807) is 6.92 Å². The number of aliphatic hydroxyl groups is 1. The average Bonchev–Trinajstić information content (AvgIpc) is 2.70. The van der Waals surface area contributed by atoms with E-state index in [1.165, 1.54) is 12.8 Å². The first-order valence-electron chi connectivity index (χ1n) is 4.84. The van der Waals surface area contributed by atoms with Crippen molar-refractivity contribution in [2.24, 2.45) is 5.92 Å². The second kappa shape index (κ2) is 3.05. The molecule has 3 heteroatoms. The van der Waals surface area contributed by atoms with Gasteiger partial charge in [-0.15, -0.1) is 0 Å². The number of carbonyl (C=O) groups excluding carboxylic acids is 1. The van der Waals surface area contributed by atoms with Crippen LogP contribution in [0.25, 0.3) is 0 Å². The first-order chi connectivity index (χ1) is 6.20. The van der Waals surface area contributed by atoms with Gasteiger partial charge >= 0.3 is 0 Å². The van der Waals surface area contributed by atoms with E-state index < -0.39 is 6.10 Å². The van der Waals surface area contributed by atoms with Crippen LogP contribution in [0, 0.1) is 5.92 Å². The summed E-state index contributed by atoms with van der Waals surface area (Å²) in [7, 11) is 0. The van der Waals surface area contributed by atoms with Crippen LogP contribution in [0.5, 0.6) is 0 Å². The summed E-state index contributed by atoms with van der Waals surface area (Å²) in [5, 5.41) is 9.49. The van der Waals surface area contributed by atoms with Gasteiger partial charge in [-0.1, -0.05) is 12.8 Å². The third-order valence-corrected chi connectivity index (χ3v) is 2.87. The lowest BCUT2D eigenvalue weighted by atomic mass is 10.0. The molecule has 0 aromatic carbocycles. The van der Waals surface area contributed by atoms with Crippen molar-refractivity contribution in [3.63, 3.8) is 0 Å². The van der Waals surface area contributed by atoms with Gasteiger partial charge in [0, 0.05) is 5.92 Å². The number of ketones is 1. The summed E-state index contributed by atoms with van der Waals surface area (Å²) in [6.07, 6.45) is 3.95. The van der Waals surface area contributed by atoms with Gasteiger partial charge in [-0.2, -0.15) is 0 Å². The van der Waals surface area contributed by atoms with Crippen LogP contribution in [-0.2, 0) is 9.53 Å². The normalized spacial score (nSPS) is 29.9. The summed E-state index contributed by atoms with van der Waals surface area (Å²) in [6, 6.07) is 0. The lowest BCUT2D eigenvalue weighted by molar-refractivity contribution is -0.122. The molecule has 1 unspecified atom stereocenters. The first-order valence-corrected chi connectivity index (χ1v) is 4.84. The van der Waals surface area contributed by atoms with E-state index in [9.17, 15) is 9.90 Å². The number of hydrogen-bond donors (Lipinski definition) is 1. The van der Waals surface area contributed by atoms with Crippen LogP contribution < -0.4 is 0 Å². The molecule has 1 atom stereocenters. The molecule has 0 saturated heterocycles. The zero-order valence-corrected chi connectivity index (χ0v) is 7.75. The Morgan fingerprint density at radius 2 is 2.00 bits per heavy atom. The van der Waals surface area contributed by atoms with E-state index in [0.717, 1.165) is 12.8 Å². The van der Waals surface area contributed by atoms with Crippen LogP contribution in [0.1, 0.15) is 32.6 Å². The van der Waals surface area contributed by atoms with Crippen molar-refractivity contribution in [2.45, 2.75) is 38.7 Å². The summed E-state index contributed by atoms with van der Waals surface area (Å²) in [4.78, 5) is 11.2. The van der Waals surface area contributed by atoms with E-state index >= 15 is 0 Å². The molecular weight excluding hydrogens is 168 g/mol. The second-order valence-electron chi connectivity index (χ2n) is 3.82. The van der Waals surface area contributed by atoms with Crippen LogP contribution in [0.4, 0.5) is 0 Å². The zero-order chi connectivity index (χ0) is 9.42. The Labute approximate surface area is 77.4 Å². The van der Waals surface area contributed by atoms with Crippen molar-refractivity contribution < 1.29 is 14.6 Å². The minimum atomic E-state index is -0.476. The van der Waals surface area contributed by atoms with Crippen molar-refractivity contribution in [1.82, 2.24) is 0 Å². The highest BCUT2D eigenvalue weighted by Crippen LogP contribution is 2.36. The Morgan fingerprint density at radius 1 is 1.38 bits per heavy atom. The van der Waals surface area contributed by atoms with Crippen molar-refractivity contribution in [3.8, 4) is 0 Å². The zero-order valence-electron chi connectivity index (χ0n) is 7.75. The monoisotopic (exact) mass is 182 g/mol. The Balaban J connectivity index is 2.18. The number of allylic oxidation sites excluding steroid dienone is 1. The highest BCUT2D eigenvalue weighted by Gasteiger charge is 2.36. The maximum atomic E-state index is 11.2. The Hall–Kier alpha value is -0.990. The topological polar surface area (TPSA) is 46.5 Å². The van der Waals surface area contributed by atoms with Gasteiger partial charge in [0.2, 0.25) is 11.5 Å². The summed E-state index contributed by atoms with van der Waals surface area (Å²) < 4.78 is 5.35. The minimum Gasteiger partial charge on any atom is -0.502 e. The maximum Gasteiger partial charge on any atom is 0.240 e. The Morgan fingerprint density at radius 3 is 2.46 bits per heavy atom. The molecule has 1 saturated carbocycles. The molecule has 2 aliphatic rings. The predicted octanol–water partition coefficient (Wildman–Crippen LogP) is 1.93. The molecule has 0 bridgehead atoms. The molecule has 1 N–H and O–H groups in total. The van der Waals surface area contributed by atoms with Crippen LogP contribution >= 0.6 is 0 Å². The molecule has 0 radical (unpaired) electrons. The molecular formula is C10H14O3. The fourth-order valence-electron chi connectivity index (χ4n) is 2.09. The molecule has 1 fully saturated rings. The number of Topliss-reactive ketones (excluding diaryl/α,β-unsaturated/α-hetero) is 1. The summed E-state index contributed by atoms with van der Waals surface area (Å²) in [5.74, 6) is 0.449. The number of aliphatic hydroxyl groups excluding tert-OH is 1. The summed E-state index contributed by atoms with van der Waals surface area (Å²) in [5.41, 5.74) is 0. The van der Waals surface area contributed by atoms with Crippen LogP contribution in [0.15, 0.2) is 11.5 Å². The number of rotatable bonds is 1. The maximum absolute atomic E-state index is 11.2.